The van der Waals surface area contributed by atoms with Crippen LogP contribution in [0.25, 0.3) is 6.08 Å². The van der Waals surface area contributed by atoms with Crippen molar-refractivity contribution >= 4 is 35.1 Å². The lowest BCUT2D eigenvalue weighted by Gasteiger charge is -2.05. The van der Waals surface area contributed by atoms with Gasteiger partial charge in [-0.1, -0.05) is 11.6 Å². The van der Waals surface area contributed by atoms with Gasteiger partial charge in [-0.15, -0.1) is 11.6 Å². The van der Waals surface area contributed by atoms with E-state index in [1.807, 2.05) is 0 Å². The number of alkyl halides is 1. The molecular weight excluding hydrogens is 335 g/mol. The minimum atomic E-state index is -0.173. The Morgan fingerprint density at radius 1 is 1.26 bits per heavy atom. The zero-order valence-electron chi connectivity index (χ0n) is 12.6. The zero-order valence-corrected chi connectivity index (χ0v) is 14.1. The van der Waals surface area contributed by atoms with Crippen LogP contribution in [0.1, 0.15) is 21.5 Å². The Bertz CT molecular complexity index is 739. The highest BCUT2D eigenvalue weighted by Crippen LogP contribution is 2.24. The van der Waals surface area contributed by atoms with Gasteiger partial charge in [0.1, 0.15) is 11.5 Å². The number of aryl methyl sites for hydroxylation is 1. The van der Waals surface area contributed by atoms with E-state index < -0.39 is 0 Å². The van der Waals surface area contributed by atoms with Crippen LogP contribution in [0.5, 0.6) is 11.5 Å². The Kier molecular flexibility index (Phi) is 6.08. The lowest BCUT2D eigenvalue weighted by molar-refractivity contribution is 0.104. The van der Waals surface area contributed by atoms with Gasteiger partial charge in [0.25, 0.3) is 0 Å². The van der Waals surface area contributed by atoms with Crippen molar-refractivity contribution in [3.63, 3.8) is 0 Å². The van der Waals surface area contributed by atoms with E-state index in [1.54, 1.807) is 43.5 Å². The summed E-state index contributed by atoms with van der Waals surface area (Å²) in [6.07, 6.45) is 3.60. The van der Waals surface area contributed by atoms with Crippen molar-refractivity contribution in [2.45, 2.75) is 6.42 Å². The van der Waals surface area contributed by atoms with Gasteiger partial charge >= 0.3 is 0 Å². The molecule has 0 aliphatic rings. The molecule has 0 aliphatic carbocycles. The van der Waals surface area contributed by atoms with Gasteiger partial charge in [-0.25, -0.2) is 0 Å². The largest absolute Gasteiger partial charge is 0.508 e. The number of phenolic OH excluding ortho intramolecular Hbond substituents is 1. The van der Waals surface area contributed by atoms with E-state index >= 15 is 0 Å². The average molecular weight is 351 g/mol. The van der Waals surface area contributed by atoms with Crippen molar-refractivity contribution in [1.29, 1.82) is 0 Å². The second-order valence-corrected chi connectivity index (χ2v) is 5.65. The molecule has 0 aromatic heterocycles. The second-order valence-electron chi connectivity index (χ2n) is 4.87. The topological polar surface area (TPSA) is 46.5 Å². The lowest BCUT2D eigenvalue weighted by Crippen LogP contribution is -1.97. The number of phenols is 1. The number of benzene rings is 2. The van der Waals surface area contributed by atoms with Crippen LogP contribution in [0.4, 0.5) is 0 Å². The highest BCUT2D eigenvalue weighted by Gasteiger charge is 2.07. The molecule has 0 fully saturated rings. The minimum Gasteiger partial charge on any atom is -0.508 e. The van der Waals surface area contributed by atoms with E-state index in [2.05, 4.69) is 0 Å². The smallest absolute Gasteiger partial charge is 0.185 e. The first-order chi connectivity index (χ1) is 11.0. The predicted octanol–water partition coefficient (Wildman–Crippen LogP) is 4.73. The summed E-state index contributed by atoms with van der Waals surface area (Å²) in [7, 11) is 1.56. The molecule has 0 aliphatic heterocycles. The maximum absolute atomic E-state index is 12.3. The third-order valence-corrected chi connectivity index (χ3v) is 3.87. The Morgan fingerprint density at radius 2 is 2.04 bits per heavy atom. The maximum atomic E-state index is 12.3. The molecule has 2 aromatic carbocycles. The Hall–Kier alpha value is -1.97. The molecule has 0 heterocycles. The molecule has 0 spiro atoms. The molecule has 0 saturated heterocycles. The Morgan fingerprint density at radius 3 is 2.70 bits per heavy atom. The molecule has 120 valence electrons. The number of carbonyl (C=O) groups excluding carboxylic acids is 1. The number of halogens is 2. The van der Waals surface area contributed by atoms with Gasteiger partial charge < -0.3 is 9.84 Å². The van der Waals surface area contributed by atoms with Crippen LogP contribution in [-0.2, 0) is 6.42 Å². The molecule has 5 heteroatoms. The van der Waals surface area contributed by atoms with E-state index in [1.165, 1.54) is 12.1 Å². The molecule has 0 atom stereocenters. The second kappa shape index (κ2) is 8.04. The van der Waals surface area contributed by atoms with Crippen molar-refractivity contribution < 1.29 is 14.6 Å². The van der Waals surface area contributed by atoms with E-state index in [9.17, 15) is 9.90 Å². The number of methoxy groups -OCH3 is 1. The monoisotopic (exact) mass is 350 g/mol. The van der Waals surface area contributed by atoms with Crippen LogP contribution < -0.4 is 4.74 Å². The Labute approximate surface area is 145 Å². The zero-order chi connectivity index (χ0) is 16.8. The van der Waals surface area contributed by atoms with Gasteiger partial charge in [0.2, 0.25) is 0 Å². The van der Waals surface area contributed by atoms with Gasteiger partial charge in [-0.2, -0.15) is 0 Å². The van der Waals surface area contributed by atoms with Crippen LogP contribution in [0, 0.1) is 0 Å². The summed E-state index contributed by atoms with van der Waals surface area (Å²) in [5, 5.41) is 10.2. The molecule has 23 heavy (non-hydrogen) atoms. The number of ketones is 1. The molecule has 2 aromatic rings. The quantitative estimate of drug-likeness (QED) is 0.465. The normalized spacial score (nSPS) is 10.9. The molecule has 3 nitrogen and oxygen atoms in total. The summed E-state index contributed by atoms with van der Waals surface area (Å²) in [5.41, 5.74) is 1.87. The van der Waals surface area contributed by atoms with Gasteiger partial charge in [0, 0.05) is 11.4 Å². The fourth-order valence-electron chi connectivity index (χ4n) is 2.07. The highest BCUT2D eigenvalue weighted by molar-refractivity contribution is 6.32. The fourth-order valence-corrected chi connectivity index (χ4v) is 2.51. The first kappa shape index (κ1) is 17.4. The molecule has 0 radical (unpaired) electrons. The van der Waals surface area contributed by atoms with Crippen molar-refractivity contribution in [2.24, 2.45) is 0 Å². The van der Waals surface area contributed by atoms with E-state index in [0.29, 0.717) is 34.2 Å². The molecule has 1 N–H and O–H groups in total. The van der Waals surface area contributed by atoms with E-state index in [-0.39, 0.29) is 11.5 Å². The SMILES string of the molecule is COc1ccc(C=CC(=O)c2ccc(O)c(CCCl)c2)c(Cl)c1. The number of hydrogen-bond acceptors (Lipinski definition) is 3. The molecule has 0 unspecified atom stereocenters. The Balaban J connectivity index is 2.20. The van der Waals surface area contributed by atoms with Gasteiger partial charge in [-0.3, -0.25) is 4.79 Å². The van der Waals surface area contributed by atoms with Gasteiger partial charge in [0.15, 0.2) is 5.78 Å². The van der Waals surface area contributed by atoms with Crippen LogP contribution in [0.3, 0.4) is 0 Å². The first-order valence-electron chi connectivity index (χ1n) is 6.99. The van der Waals surface area contributed by atoms with Crippen LogP contribution in [0.15, 0.2) is 42.5 Å². The summed E-state index contributed by atoms with van der Waals surface area (Å²) < 4.78 is 5.08. The van der Waals surface area contributed by atoms with Gasteiger partial charge in [-0.05, 0) is 66.1 Å². The number of carbonyl (C=O) groups is 1. The molecule has 0 saturated carbocycles. The van der Waals surface area contributed by atoms with Crippen molar-refractivity contribution in [3.05, 3.63) is 64.2 Å². The van der Waals surface area contributed by atoms with Crippen molar-refractivity contribution in [1.82, 2.24) is 0 Å². The van der Waals surface area contributed by atoms with Crippen molar-refractivity contribution in [3.8, 4) is 11.5 Å². The molecule has 2 rings (SSSR count). The van der Waals surface area contributed by atoms with E-state index in [4.69, 9.17) is 27.9 Å². The number of aromatic hydroxyl groups is 1. The number of hydrogen-bond donors (Lipinski definition) is 1. The lowest BCUT2D eigenvalue weighted by atomic mass is 10.0. The van der Waals surface area contributed by atoms with Crippen LogP contribution in [-0.4, -0.2) is 23.9 Å². The fraction of sp³-hybridized carbons (Fsp3) is 0.167. The number of rotatable bonds is 6. The van der Waals surface area contributed by atoms with E-state index in [0.717, 1.165) is 5.56 Å². The maximum Gasteiger partial charge on any atom is 0.185 e. The minimum absolute atomic E-state index is 0.143. The standard InChI is InChI=1S/C18H16Cl2O3/c1-23-15-5-2-12(16(20)11-15)3-6-17(21)13-4-7-18(22)14(10-13)8-9-19/h2-7,10-11,22H,8-9H2,1H3. The molecular formula is C18H16Cl2O3. The summed E-state index contributed by atoms with van der Waals surface area (Å²) in [5.74, 6) is 1.00. The number of allylic oxidation sites excluding steroid dienone is 1. The van der Waals surface area contributed by atoms with Crippen molar-refractivity contribution in [2.75, 3.05) is 13.0 Å². The predicted molar refractivity (Wildman–Crippen MR) is 93.9 cm³/mol. The first-order valence-corrected chi connectivity index (χ1v) is 7.90. The van der Waals surface area contributed by atoms with Crippen LogP contribution in [0.2, 0.25) is 5.02 Å². The third-order valence-electron chi connectivity index (χ3n) is 3.35. The third kappa shape index (κ3) is 4.50. The number of ether oxygens (including phenoxy) is 1. The summed E-state index contributed by atoms with van der Waals surface area (Å²) in [6, 6.07) is 9.97. The molecule has 0 bridgehead atoms. The summed E-state index contributed by atoms with van der Waals surface area (Å²) in [6.45, 7) is 0. The average Bonchev–Trinajstić information content (AvgIpc) is 2.55. The molecule has 0 amide bonds. The van der Waals surface area contributed by atoms with Gasteiger partial charge in [0.05, 0.1) is 12.1 Å². The van der Waals surface area contributed by atoms with Crippen LogP contribution >= 0.6 is 23.2 Å². The highest BCUT2D eigenvalue weighted by atomic mass is 35.5. The summed E-state index contributed by atoms with van der Waals surface area (Å²) in [4.78, 5) is 12.3. The summed E-state index contributed by atoms with van der Waals surface area (Å²) >= 11 is 11.8.